The SMILES string of the molecule is Cc1nccnc1CCC1COCCN1C(=O)C1CCOCC1. The second-order valence-corrected chi connectivity index (χ2v) is 6.27. The van der Waals surface area contributed by atoms with Crippen LogP contribution in [0.3, 0.4) is 0 Å². The first kappa shape index (κ1) is 16.3. The van der Waals surface area contributed by atoms with Crippen molar-refractivity contribution in [1.29, 1.82) is 0 Å². The number of hydrogen-bond donors (Lipinski definition) is 0. The van der Waals surface area contributed by atoms with Crippen molar-refractivity contribution in [2.24, 2.45) is 5.92 Å². The molecule has 0 spiro atoms. The summed E-state index contributed by atoms with van der Waals surface area (Å²) in [4.78, 5) is 23.5. The van der Waals surface area contributed by atoms with Crippen molar-refractivity contribution in [3.05, 3.63) is 23.8 Å². The van der Waals surface area contributed by atoms with E-state index < -0.39 is 0 Å². The summed E-state index contributed by atoms with van der Waals surface area (Å²) >= 11 is 0. The minimum atomic E-state index is 0.114. The van der Waals surface area contributed by atoms with Gasteiger partial charge in [0.05, 0.1) is 30.6 Å². The van der Waals surface area contributed by atoms with E-state index in [2.05, 4.69) is 9.97 Å². The summed E-state index contributed by atoms with van der Waals surface area (Å²) < 4.78 is 11.0. The Morgan fingerprint density at radius 2 is 2.00 bits per heavy atom. The van der Waals surface area contributed by atoms with Crippen LogP contribution in [0, 0.1) is 12.8 Å². The predicted octanol–water partition coefficient (Wildman–Crippen LogP) is 1.37. The third-order valence-corrected chi connectivity index (χ3v) is 4.78. The van der Waals surface area contributed by atoms with Crippen LogP contribution in [-0.2, 0) is 20.7 Å². The van der Waals surface area contributed by atoms with Crippen LogP contribution in [0.25, 0.3) is 0 Å². The fourth-order valence-corrected chi connectivity index (χ4v) is 3.35. The van der Waals surface area contributed by atoms with Gasteiger partial charge in [0, 0.05) is 38.1 Å². The molecule has 0 aliphatic carbocycles. The summed E-state index contributed by atoms with van der Waals surface area (Å²) in [5, 5.41) is 0. The molecule has 6 nitrogen and oxygen atoms in total. The number of ether oxygens (including phenoxy) is 2. The third kappa shape index (κ3) is 4.06. The minimum absolute atomic E-state index is 0.114. The number of hydrogen-bond acceptors (Lipinski definition) is 5. The molecule has 1 atom stereocenters. The second-order valence-electron chi connectivity index (χ2n) is 6.27. The number of aryl methyl sites for hydroxylation is 2. The smallest absolute Gasteiger partial charge is 0.226 e. The quantitative estimate of drug-likeness (QED) is 0.839. The summed E-state index contributed by atoms with van der Waals surface area (Å²) in [6.07, 6.45) is 6.81. The Bertz CT molecular complexity index is 532. The Morgan fingerprint density at radius 1 is 1.22 bits per heavy atom. The van der Waals surface area contributed by atoms with E-state index in [1.54, 1.807) is 12.4 Å². The lowest BCUT2D eigenvalue weighted by molar-refractivity contribution is -0.147. The highest BCUT2D eigenvalue weighted by molar-refractivity contribution is 5.79. The summed E-state index contributed by atoms with van der Waals surface area (Å²) in [6.45, 7) is 5.32. The third-order valence-electron chi connectivity index (χ3n) is 4.78. The van der Waals surface area contributed by atoms with Gasteiger partial charge in [-0.2, -0.15) is 0 Å². The van der Waals surface area contributed by atoms with E-state index in [9.17, 15) is 4.79 Å². The van der Waals surface area contributed by atoms with Gasteiger partial charge < -0.3 is 14.4 Å². The van der Waals surface area contributed by atoms with Gasteiger partial charge in [0.1, 0.15) is 0 Å². The fourth-order valence-electron chi connectivity index (χ4n) is 3.35. The molecule has 3 rings (SSSR count). The molecule has 2 aliphatic heterocycles. The fraction of sp³-hybridized carbons (Fsp3) is 0.706. The van der Waals surface area contributed by atoms with Crippen molar-refractivity contribution in [3.63, 3.8) is 0 Å². The number of morpholine rings is 1. The van der Waals surface area contributed by atoms with Crippen LogP contribution in [0.4, 0.5) is 0 Å². The number of nitrogens with zero attached hydrogens (tertiary/aromatic N) is 3. The van der Waals surface area contributed by atoms with E-state index in [-0.39, 0.29) is 17.9 Å². The van der Waals surface area contributed by atoms with Gasteiger partial charge in [0.25, 0.3) is 0 Å². The van der Waals surface area contributed by atoms with E-state index in [4.69, 9.17) is 9.47 Å². The van der Waals surface area contributed by atoms with Crippen LogP contribution in [-0.4, -0.2) is 59.8 Å². The molecule has 2 saturated heterocycles. The van der Waals surface area contributed by atoms with Crippen LogP contribution in [0.15, 0.2) is 12.4 Å². The maximum Gasteiger partial charge on any atom is 0.226 e. The topological polar surface area (TPSA) is 64.6 Å². The highest BCUT2D eigenvalue weighted by Gasteiger charge is 2.32. The van der Waals surface area contributed by atoms with Gasteiger partial charge in [-0.1, -0.05) is 0 Å². The summed E-state index contributed by atoms with van der Waals surface area (Å²) in [5.74, 6) is 0.389. The van der Waals surface area contributed by atoms with Crippen molar-refractivity contribution in [2.45, 2.75) is 38.6 Å². The molecule has 23 heavy (non-hydrogen) atoms. The lowest BCUT2D eigenvalue weighted by Gasteiger charge is -2.38. The number of carbonyl (C=O) groups excluding carboxylic acids is 1. The van der Waals surface area contributed by atoms with Crippen molar-refractivity contribution >= 4 is 5.91 Å². The van der Waals surface area contributed by atoms with Crippen LogP contribution in [0.2, 0.25) is 0 Å². The van der Waals surface area contributed by atoms with Crippen molar-refractivity contribution in [3.8, 4) is 0 Å². The molecule has 2 aliphatic rings. The van der Waals surface area contributed by atoms with Gasteiger partial charge in [-0.15, -0.1) is 0 Å². The van der Waals surface area contributed by atoms with Gasteiger partial charge in [0.2, 0.25) is 5.91 Å². The Morgan fingerprint density at radius 3 is 2.78 bits per heavy atom. The number of aromatic nitrogens is 2. The highest BCUT2D eigenvalue weighted by Crippen LogP contribution is 2.22. The Balaban J connectivity index is 1.61. The monoisotopic (exact) mass is 319 g/mol. The van der Waals surface area contributed by atoms with Gasteiger partial charge >= 0.3 is 0 Å². The van der Waals surface area contributed by atoms with E-state index >= 15 is 0 Å². The molecular weight excluding hydrogens is 294 g/mol. The maximum absolute atomic E-state index is 12.8. The number of amides is 1. The zero-order valence-corrected chi connectivity index (χ0v) is 13.7. The highest BCUT2D eigenvalue weighted by atomic mass is 16.5. The lowest BCUT2D eigenvalue weighted by atomic mass is 9.96. The van der Waals surface area contributed by atoms with E-state index in [0.717, 1.165) is 37.1 Å². The molecule has 0 N–H and O–H groups in total. The van der Waals surface area contributed by atoms with E-state index in [1.807, 2.05) is 11.8 Å². The molecule has 0 saturated carbocycles. The van der Waals surface area contributed by atoms with Crippen LogP contribution in [0.1, 0.15) is 30.7 Å². The number of carbonyl (C=O) groups is 1. The zero-order chi connectivity index (χ0) is 16.1. The normalized spacial score (nSPS) is 23.0. The Hall–Kier alpha value is -1.53. The molecule has 6 heteroatoms. The van der Waals surface area contributed by atoms with Crippen molar-refractivity contribution in [1.82, 2.24) is 14.9 Å². The molecule has 1 aromatic heterocycles. The number of rotatable bonds is 4. The summed E-state index contributed by atoms with van der Waals surface area (Å²) in [7, 11) is 0. The first-order valence-electron chi connectivity index (χ1n) is 8.48. The average Bonchev–Trinajstić information content (AvgIpc) is 2.61. The Kier molecular flexibility index (Phi) is 5.56. The first-order chi connectivity index (χ1) is 11.3. The second kappa shape index (κ2) is 7.84. The maximum atomic E-state index is 12.8. The molecule has 0 radical (unpaired) electrons. The molecule has 1 amide bonds. The van der Waals surface area contributed by atoms with Crippen molar-refractivity contribution < 1.29 is 14.3 Å². The van der Waals surface area contributed by atoms with Crippen LogP contribution < -0.4 is 0 Å². The molecule has 0 aromatic carbocycles. The predicted molar refractivity (Wildman–Crippen MR) is 85.0 cm³/mol. The van der Waals surface area contributed by atoms with E-state index in [1.165, 1.54) is 0 Å². The van der Waals surface area contributed by atoms with Gasteiger partial charge in [-0.05, 0) is 32.6 Å². The Labute approximate surface area is 137 Å². The van der Waals surface area contributed by atoms with E-state index in [0.29, 0.717) is 33.0 Å². The van der Waals surface area contributed by atoms with Crippen molar-refractivity contribution in [2.75, 3.05) is 33.0 Å². The zero-order valence-electron chi connectivity index (χ0n) is 13.7. The molecule has 1 unspecified atom stereocenters. The first-order valence-corrected chi connectivity index (χ1v) is 8.48. The molecule has 0 bridgehead atoms. The summed E-state index contributed by atoms with van der Waals surface area (Å²) in [6, 6.07) is 0.139. The van der Waals surface area contributed by atoms with Gasteiger partial charge in [0.15, 0.2) is 0 Å². The molecular formula is C17H25N3O3. The largest absolute Gasteiger partial charge is 0.381 e. The standard InChI is InChI=1S/C17H25N3O3/c1-13-16(19-7-6-18-13)3-2-15-12-23-11-8-20(15)17(21)14-4-9-22-10-5-14/h6-7,14-15H,2-5,8-12H2,1H3. The van der Waals surface area contributed by atoms with Gasteiger partial charge in [-0.25, -0.2) is 0 Å². The summed E-state index contributed by atoms with van der Waals surface area (Å²) in [5.41, 5.74) is 1.98. The molecule has 3 heterocycles. The average molecular weight is 319 g/mol. The van der Waals surface area contributed by atoms with Crippen LogP contribution >= 0.6 is 0 Å². The molecule has 1 aromatic rings. The lowest BCUT2D eigenvalue weighted by Crippen LogP contribution is -2.51. The molecule has 126 valence electrons. The van der Waals surface area contributed by atoms with Crippen LogP contribution in [0.5, 0.6) is 0 Å². The molecule has 2 fully saturated rings. The minimum Gasteiger partial charge on any atom is -0.381 e. The van der Waals surface area contributed by atoms with Gasteiger partial charge in [-0.3, -0.25) is 14.8 Å².